The van der Waals surface area contributed by atoms with Crippen molar-refractivity contribution in [2.24, 2.45) is 0 Å². The van der Waals surface area contributed by atoms with E-state index in [2.05, 4.69) is 19.9 Å². The SMILES string of the molecule is CNC(=O)c1ccc2c(c1)nc(C1CCCCC1)n2-c1ccc2[nH]c(=O)[nH]c2c1. The van der Waals surface area contributed by atoms with Crippen LogP contribution in [0.25, 0.3) is 27.8 Å². The number of benzene rings is 2. The number of fused-ring (bicyclic) bond motifs is 2. The summed E-state index contributed by atoms with van der Waals surface area (Å²) in [6, 6.07) is 11.6. The van der Waals surface area contributed by atoms with Crippen molar-refractivity contribution in [3.8, 4) is 5.69 Å². The van der Waals surface area contributed by atoms with Crippen molar-refractivity contribution in [2.75, 3.05) is 7.05 Å². The van der Waals surface area contributed by atoms with E-state index < -0.39 is 0 Å². The molecule has 0 radical (unpaired) electrons. The average molecular weight is 389 g/mol. The molecule has 148 valence electrons. The monoisotopic (exact) mass is 389 g/mol. The summed E-state index contributed by atoms with van der Waals surface area (Å²) in [5.74, 6) is 1.30. The quantitative estimate of drug-likeness (QED) is 0.499. The first-order valence-corrected chi connectivity index (χ1v) is 10.1. The predicted molar refractivity (Wildman–Crippen MR) is 113 cm³/mol. The van der Waals surface area contributed by atoms with E-state index in [-0.39, 0.29) is 11.6 Å². The summed E-state index contributed by atoms with van der Waals surface area (Å²) < 4.78 is 2.18. The number of hydrogen-bond acceptors (Lipinski definition) is 3. The molecule has 29 heavy (non-hydrogen) atoms. The third-order valence-electron chi connectivity index (χ3n) is 5.90. The van der Waals surface area contributed by atoms with Gasteiger partial charge in [0.25, 0.3) is 5.91 Å². The molecule has 2 heterocycles. The van der Waals surface area contributed by atoms with E-state index in [1.165, 1.54) is 19.3 Å². The van der Waals surface area contributed by atoms with Crippen LogP contribution in [-0.2, 0) is 0 Å². The molecule has 7 heteroatoms. The van der Waals surface area contributed by atoms with Gasteiger partial charge in [0.05, 0.1) is 22.1 Å². The highest BCUT2D eigenvalue weighted by Crippen LogP contribution is 2.36. The van der Waals surface area contributed by atoms with E-state index in [4.69, 9.17) is 4.98 Å². The molecule has 2 aromatic carbocycles. The number of H-pyrrole nitrogens is 2. The molecule has 1 saturated carbocycles. The first-order valence-electron chi connectivity index (χ1n) is 10.1. The Kier molecular flexibility index (Phi) is 4.23. The lowest BCUT2D eigenvalue weighted by Crippen LogP contribution is -2.17. The van der Waals surface area contributed by atoms with Crippen LogP contribution in [0.1, 0.15) is 54.2 Å². The zero-order chi connectivity index (χ0) is 20.0. The van der Waals surface area contributed by atoms with E-state index >= 15 is 0 Å². The first kappa shape index (κ1) is 17.7. The minimum Gasteiger partial charge on any atom is -0.355 e. The van der Waals surface area contributed by atoms with Gasteiger partial charge in [-0.3, -0.25) is 9.36 Å². The van der Waals surface area contributed by atoms with Gasteiger partial charge in [0.1, 0.15) is 5.82 Å². The minimum absolute atomic E-state index is 0.119. The zero-order valence-corrected chi connectivity index (χ0v) is 16.3. The summed E-state index contributed by atoms with van der Waals surface area (Å²) in [4.78, 5) is 34.4. The molecule has 5 rings (SSSR count). The van der Waals surface area contributed by atoms with Crippen molar-refractivity contribution in [3.05, 3.63) is 58.3 Å². The van der Waals surface area contributed by atoms with Crippen LogP contribution in [0, 0.1) is 0 Å². The Labute approximate surface area is 167 Å². The van der Waals surface area contributed by atoms with Crippen molar-refractivity contribution in [2.45, 2.75) is 38.0 Å². The fraction of sp³-hybridized carbons (Fsp3) is 0.318. The van der Waals surface area contributed by atoms with E-state index in [0.29, 0.717) is 11.5 Å². The van der Waals surface area contributed by atoms with E-state index in [1.54, 1.807) is 7.05 Å². The van der Waals surface area contributed by atoms with Crippen LogP contribution in [0.3, 0.4) is 0 Å². The van der Waals surface area contributed by atoms with Crippen LogP contribution in [-0.4, -0.2) is 32.5 Å². The van der Waals surface area contributed by atoms with Gasteiger partial charge in [-0.2, -0.15) is 0 Å². The number of hydrogen-bond donors (Lipinski definition) is 3. The van der Waals surface area contributed by atoms with Crippen LogP contribution >= 0.6 is 0 Å². The Morgan fingerprint density at radius 1 is 1.07 bits per heavy atom. The molecule has 4 aromatic rings. The maximum Gasteiger partial charge on any atom is 0.323 e. The second-order valence-electron chi connectivity index (χ2n) is 7.73. The molecular formula is C22H23N5O2. The van der Waals surface area contributed by atoms with E-state index in [1.807, 2.05) is 36.4 Å². The topological polar surface area (TPSA) is 95.6 Å². The van der Waals surface area contributed by atoms with Gasteiger partial charge in [0.15, 0.2) is 0 Å². The zero-order valence-electron chi connectivity index (χ0n) is 16.3. The van der Waals surface area contributed by atoms with Crippen LogP contribution in [0.4, 0.5) is 0 Å². The molecule has 0 spiro atoms. The van der Waals surface area contributed by atoms with Crippen LogP contribution < -0.4 is 11.0 Å². The molecule has 0 unspecified atom stereocenters. The van der Waals surface area contributed by atoms with Crippen LogP contribution in [0.5, 0.6) is 0 Å². The Morgan fingerprint density at radius 2 is 1.86 bits per heavy atom. The molecule has 0 saturated heterocycles. The molecule has 1 amide bonds. The van der Waals surface area contributed by atoms with Gasteiger partial charge in [0.2, 0.25) is 0 Å². The Morgan fingerprint density at radius 3 is 2.66 bits per heavy atom. The smallest absolute Gasteiger partial charge is 0.323 e. The van der Waals surface area contributed by atoms with Crippen molar-refractivity contribution >= 4 is 28.0 Å². The van der Waals surface area contributed by atoms with Gasteiger partial charge >= 0.3 is 5.69 Å². The number of amides is 1. The van der Waals surface area contributed by atoms with Gasteiger partial charge in [-0.05, 0) is 49.2 Å². The third-order valence-corrected chi connectivity index (χ3v) is 5.90. The Hall–Kier alpha value is -3.35. The standard InChI is InChI=1S/C22H23N5O2/c1-23-21(28)14-7-10-19-18(11-14)24-20(13-5-3-2-4-6-13)27(19)15-8-9-16-17(12-15)26-22(29)25-16/h7-13H,2-6H2,1H3,(H,23,28)(H2,25,26,29). The molecule has 0 aliphatic heterocycles. The lowest BCUT2D eigenvalue weighted by Gasteiger charge is -2.22. The largest absolute Gasteiger partial charge is 0.355 e. The van der Waals surface area contributed by atoms with Crippen LogP contribution in [0.2, 0.25) is 0 Å². The number of aromatic nitrogens is 4. The van der Waals surface area contributed by atoms with Crippen molar-refractivity contribution in [1.82, 2.24) is 24.8 Å². The van der Waals surface area contributed by atoms with Gasteiger partial charge < -0.3 is 15.3 Å². The number of rotatable bonds is 3. The van der Waals surface area contributed by atoms with E-state index in [0.717, 1.165) is 46.4 Å². The summed E-state index contributed by atoms with van der Waals surface area (Å²) in [7, 11) is 1.63. The van der Waals surface area contributed by atoms with Crippen molar-refractivity contribution in [3.63, 3.8) is 0 Å². The highest BCUT2D eigenvalue weighted by Gasteiger charge is 2.24. The van der Waals surface area contributed by atoms with Gasteiger partial charge in [0, 0.05) is 24.2 Å². The second-order valence-corrected chi connectivity index (χ2v) is 7.73. The summed E-state index contributed by atoms with van der Waals surface area (Å²) >= 11 is 0. The molecule has 0 atom stereocenters. The number of imidazole rings is 2. The average Bonchev–Trinajstić information content (AvgIpc) is 3.32. The maximum absolute atomic E-state index is 12.1. The molecule has 1 aliphatic carbocycles. The second kappa shape index (κ2) is 6.92. The minimum atomic E-state index is -0.213. The predicted octanol–water partition coefficient (Wildman–Crippen LogP) is 3.60. The molecule has 3 N–H and O–H groups in total. The number of nitrogens with one attached hydrogen (secondary N) is 3. The number of aromatic amines is 2. The highest BCUT2D eigenvalue weighted by atomic mass is 16.1. The number of carbonyl (C=O) groups is 1. The summed E-state index contributed by atoms with van der Waals surface area (Å²) in [5.41, 5.74) is 4.68. The Balaban J connectivity index is 1.73. The maximum atomic E-state index is 12.1. The molecule has 1 aliphatic rings. The lowest BCUT2D eigenvalue weighted by atomic mass is 9.88. The Bertz CT molecular complexity index is 1270. The fourth-order valence-corrected chi connectivity index (χ4v) is 4.45. The van der Waals surface area contributed by atoms with Gasteiger partial charge in [-0.25, -0.2) is 9.78 Å². The van der Waals surface area contributed by atoms with Gasteiger partial charge in [-0.1, -0.05) is 19.3 Å². The molecule has 2 aromatic heterocycles. The molecule has 0 bridgehead atoms. The lowest BCUT2D eigenvalue weighted by molar-refractivity contribution is 0.0963. The molecule has 1 fully saturated rings. The third kappa shape index (κ3) is 3.03. The fourth-order valence-electron chi connectivity index (χ4n) is 4.45. The normalized spacial score (nSPS) is 15.2. The number of nitrogens with zero attached hydrogens (tertiary/aromatic N) is 2. The molecular weight excluding hydrogens is 366 g/mol. The number of carbonyl (C=O) groups excluding carboxylic acids is 1. The summed E-state index contributed by atoms with van der Waals surface area (Å²) in [6.07, 6.45) is 5.93. The summed E-state index contributed by atoms with van der Waals surface area (Å²) in [6.45, 7) is 0. The molecule has 7 nitrogen and oxygen atoms in total. The summed E-state index contributed by atoms with van der Waals surface area (Å²) in [5, 5.41) is 2.67. The van der Waals surface area contributed by atoms with Crippen LogP contribution in [0.15, 0.2) is 41.2 Å². The van der Waals surface area contributed by atoms with Crippen molar-refractivity contribution < 1.29 is 4.79 Å². The van der Waals surface area contributed by atoms with Crippen molar-refractivity contribution in [1.29, 1.82) is 0 Å². The van der Waals surface area contributed by atoms with E-state index in [9.17, 15) is 9.59 Å². The van der Waals surface area contributed by atoms with Gasteiger partial charge in [-0.15, -0.1) is 0 Å². The first-order chi connectivity index (χ1) is 14.1. The highest BCUT2D eigenvalue weighted by molar-refractivity contribution is 5.97.